The average molecular weight is 260 g/mol. The lowest BCUT2D eigenvalue weighted by Crippen LogP contribution is -2.49. The van der Waals surface area contributed by atoms with E-state index < -0.39 is 10.0 Å². The lowest BCUT2D eigenvalue weighted by Gasteiger charge is -2.30. The summed E-state index contributed by atoms with van der Waals surface area (Å²) in [5, 5.41) is 3.20. The molecule has 0 amide bonds. The van der Waals surface area contributed by atoms with Crippen molar-refractivity contribution in [2.24, 2.45) is 0 Å². The van der Waals surface area contributed by atoms with Crippen molar-refractivity contribution < 1.29 is 8.42 Å². The molecule has 4 nitrogen and oxygen atoms in total. The normalized spacial score (nSPS) is 32.5. The van der Waals surface area contributed by atoms with Crippen LogP contribution in [-0.4, -0.2) is 32.3 Å². The molecule has 1 saturated heterocycles. The van der Waals surface area contributed by atoms with Gasteiger partial charge < -0.3 is 5.32 Å². The number of piperidine rings is 1. The number of sulfonamides is 1. The molecular formula is C12H24N2O2S. The second kappa shape index (κ2) is 5.67. The zero-order chi connectivity index (χ0) is 12.3. The van der Waals surface area contributed by atoms with Gasteiger partial charge in [-0.15, -0.1) is 0 Å². The third-order valence-electron chi connectivity index (χ3n) is 3.95. The van der Waals surface area contributed by atoms with Crippen LogP contribution in [0.25, 0.3) is 0 Å². The summed E-state index contributed by atoms with van der Waals surface area (Å²) in [6.07, 6.45) is 6.83. The van der Waals surface area contributed by atoms with Gasteiger partial charge in [-0.25, -0.2) is 13.1 Å². The molecule has 1 aliphatic heterocycles. The van der Waals surface area contributed by atoms with Crippen LogP contribution in [0.4, 0.5) is 0 Å². The quantitative estimate of drug-likeness (QED) is 0.806. The molecule has 1 heterocycles. The molecule has 2 aliphatic rings. The van der Waals surface area contributed by atoms with Crippen LogP contribution in [0.5, 0.6) is 0 Å². The van der Waals surface area contributed by atoms with Crippen LogP contribution in [0, 0.1) is 0 Å². The third-order valence-corrected chi connectivity index (χ3v) is 5.96. The van der Waals surface area contributed by atoms with Gasteiger partial charge in [0.15, 0.2) is 0 Å². The Morgan fingerprint density at radius 1 is 1.12 bits per heavy atom. The molecule has 100 valence electrons. The highest BCUT2D eigenvalue weighted by Crippen LogP contribution is 2.24. The molecule has 5 heteroatoms. The van der Waals surface area contributed by atoms with E-state index in [9.17, 15) is 8.42 Å². The van der Waals surface area contributed by atoms with Crippen LogP contribution in [0.3, 0.4) is 0 Å². The van der Waals surface area contributed by atoms with Crippen molar-refractivity contribution in [1.29, 1.82) is 0 Å². The van der Waals surface area contributed by atoms with Crippen molar-refractivity contribution in [3.05, 3.63) is 0 Å². The molecule has 0 spiro atoms. The Hall–Kier alpha value is -0.130. The number of rotatable bonds is 3. The van der Waals surface area contributed by atoms with Gasteiger partial charge in [0.2, 0.25) is 10.0 Å². The minimum atomic E-state index is -3.08. The second-order valence-corrected chi connectivity index (χ2v) is 7.49. The maximum atomic E-state index is 12.2. The molecule has 1 aliphatic carbocycles. The van der Waals surface area contributed by atoms with Crippen LogP contribution < -0.4 is 10.0 Å². The summed E-state index contributed by atoms with van der Waals surface area (Å²) in [4.78, 5) is 0. The lowest BCUT2D eigenvalue weighted by molar-refractivity contribution is 0.358. The van der Waals surface area contributed by atoms with E-state index >= 15 is 0 Å². The summed E-state index contributed by atoms with van der Waals surface area (Å²) in [5.74, 6) is 0. The van der Waals surface area contributed by atoms with Crippen LogP contribution in [0.1, 0.15) is 51.9 Å². The van der Waals surface area contributed by atoms with Crippen LogP contribution in [0.2, 0.25) is 0 Å². The Bertz CT molecular complexity index is 336. The van der Waals surface area contributed by atoms with Gasteiger partial charge in [-0.3, -0.25) is 0 Å². The van der Waals surface area contributed by atoms with E-state index in [1.807, 2.05) is 0 Å². The monoisotopic (exact) mass is 260 g/mol. The summed E-state index contributed by atoms with van der Waals surface area (Å²) < 4.78 is 27.4. The molecule has 0 aromatic rings. The zero-order valence-electron chi connectivity index (χ0n) is 10.6. The Morgan fingerprint density at radius 3 is 2.47 bits per heavy atom. The van der Waals surface area contributed by atoms with E-state index in [4.69, 9.17) is 0 Å². The largest absolute Gasteiger partial charge is 0.314 e. The van der Waals surface area contributed by atoms with E-state index in [0.717, 1.165) is 45.1 Å². The lowest BCUT2D eigenvalue weighted by atomic mass is 10.0. The van der Waals surface area contributed by atoms with Crippen LogP contribution in [0.15, 0.2) is 0 Å². The Balaban J connectivity index is 1.91. The minimum Gasteiger partial charge on any atom is -0.314 e. The van der Waals surface area contributed by atoms with E-state index in [1.54, 1.807) is 0 Å². The van der Waals surface area contributed by atoms with Crippen molar-refractivity contribution in [3.8, 4) is 0 Å². The van der Waals surface area contributed by atoms with E-state index in [1.165, 1.54) is 6.42 Å². The molecule has 17 heavy (non-hydrogen) atoms. The van der Waals surface area contributed by atoms with Crippen LogP contribution >= 0.6 is 0 Å². The first-order valence-corrected chi connectivity index (χ1v) is 8.37. The van der Waals surface area contributed by atoms with Gasteiger partial charge in [0.05, 0.1) is 5.25 Å². The van der Waals surface area contributed by atoms with Crippen LogP contribution in [-0.2, 0) is 10.0 Å². The Morgan fingerprint density at radius 2 is 1.82 bits per heavy atom. The molecule has 2 N–H and O–H groups in total. The molecule has 0 aromatic heterocycles. The summed E-state index contributed by atoms with van der Waals surface area (Å²) in [6, 6.07) is 0.556. The van der Waals surface area contributed by atoms with Gasteiger partial charge >= 0.3 is 0 Å². The molecule has 0 radical (unpaired) electrons. The van der Waals surface area contributed by atoms with E-state index in [2.05, 4.69) is 17.0 Å². The molecule has 0 bridgehead atoms. The Kier molecular flexibility index (Phi) is 4.44. The first-order valence-electron chi connectivity index (χ1n) is 6.82. The molecule has 1 saturated carbocycles. The van der Waals surface area contributed by atoms with Gasteiger partial charge in [-0.2, -0.15) is 0 Å². The predicted octanol–water partition coefficient (Wildman–Crippen LogP) is 1.38. The number of nitrogens with one attached hydrogen (secondary N) is 2. The number of hydrogen-bond donors (Lipinski definition) is 2. The van der Waals surface area contributed by atoms with Crippen molar-refractivity contribution in [3.63, 3.8) is 0 Å². The Labute approximate surface area is 105 Å². The van der Waals surface area contributed by atoms with Gasteiger partial charge in [0, 0.05) is 12.1 Å². The highest BCUT2D eigenvalue weighted by molar-refractivity contribution is 7.90. The molecule has 2 rings (SSSR count). The smallest absolute Gasteiger partial charge is 0.214 e. The number of hydrogen-bond acceptors (Lipinski definition) is 3. The fourth-order valence-corrected chi connectivity index (χ4v) is 4.77. The first kappa shape index (κ1) is 13.3. The predicted molar refractivity (Wildman–Crippen MR) is 69.4 cm³/mol. The first-order chi connectivity index (χ1) is 8.08. The van der Waals surface area contributed by atoms with Crippen molar-refractivity contribution in [2.45, 2.75) is 69.2 Å². The standard InChI is InChI=1S/C12H24N2O2S/c1-10-9-11(7-8-13-10)14-17(15,16)12-5-3-2-4-6-12/h10-14H,2-9H2,1H3. The molecule has 2 atom stereocenters. The maximum absolute atomic E-state index is 12.2. The second-order valence-electron chi connectivity index (χ2n) is 5.50. The summed E-state index contributed by atoms with van der Waals surface area (Å²) in [6.45, 7) is 3.03. The van der Waals surface area contributed by atoms with Crippen molar-refractivity contribution in [1.82, 2.24) is 10.0 Å². The molecular weight excluding hydrogens is 236 g/mol. The highest BCUT2D eigenvalue weighted by atomic mass is 32.2. The van der Waals surface area contributed by atoms with Gasteiger partial charge in [-0.05, 0) is 39.2 Å². The average Bonchev–Trinajstić information content (AvgIpc) is 2.29. The van der Waals surface area contributed by atoms with E-state index in [-0.39, 0.29) is 11.3 Å². The fourth-order valence-electron chi connectivity index (χ4n) is 2.94. The molecule has 0 aromatic carbocycles. The van der Waals surface area contributed by atoms with Crippen molar-refractivity contribution >= 4 is 10.0 Å². The molecule has 2 fully saturated rings. The minimum absolute atomic E-state index is 0.137. The van der Waals surface area contributed by atoms with Gasteiger partial charge in [0.25, 0.3) is 0 Å². The van der Waals surface area contributed by atoms with E-state index in [0.29, 0.717) is 6.04 Å². The molecule has 2 unspecified atom stereocenters. The fraction of sp³-hybridized carbons (Fsp3) is 1.00. The van der Waals surface area contributed by atoms with Gasteiger partial charge in [-0.1, -0.05) is 19.3 Å². The zero-order valence-corrected chi connectivity index (χ0v) is 11.4. The SMILES string of the molecule is CC1CC(NS(=O)(=O)C2CCCCC2)CCN1. The topological polar surface area (TPSA) is 58.2 Å². The maximum Gasteiger partial charge on any atom is 0.214 e. The van der Waals surface area contributed by atoms with Gasteiger partial charge in [0.1, 0.15) is 0 Å². The highest BCUT2D eigenvalue weighted by Gasteiger charge is 2.30. The summed E-state index contributed by atoms with van der Waals surface area (Å²) >= 11 is 0. The summed E-state index contributed by atoms with van der Waals surface area (Å²) in [5.41, 5.74) is 0. The third kappa shape index (κ3) is 3.66. The van der Waals surface area contributed by atoms with Crippen molar-refractivity contribution in [2.75, 3.05) is 6.54 Å². The summed E-state index contributed by atoms with van der Waals surface area (Å²) in [7, 11) is -3.08.